The molecule has 0 radical (unpaired) electrons. The summed E-state index contributed by atoms with van der Waals surface area (Å²) in [5.74, 6) is 0.581. The summed E-state index contributed by atoms with van der Waals surface area (Å²) in [5, 5.41) is 4.86. The van der Waals surface area contributed by atoms with Gasteiger partial charge in [0.05, 0.1) is 0 Å². The Morgan fingerprint density at radius 1 is 1.28 bits per heavy atom. The molecular formula is C15H23N3. The van der Waals surface area contributed by atoms with Gasteiger partial charge in [-0.3, -0.25) is 0 Å². The van der Waals surface area contributed by atoms with Gasteiger partial charge in [-0.05, 0) is 30.5 Å². The quantitative estimate of drug-likeness (QED) is 0.731. The van der Waals surface area contributed by atoms with Crippen molar-refractivity contribution in [3.63, 3.8) is 0 Å². The zero-order valence-corrected chi connectivity index (χ0v) is 11.2. The number of H-pyrrole nitrogens is 1. The van der Waals surface area contributed by atoms with Crippen LogP contribution in [-0.4, -0.2) is 24.1 Å². The number of aromatic nitrogens is 1. The number of rotatable bonds is 6. The van der Waals surface area contributed by atoms with E-state index in [2.05, 4.69) is 54.6 Å². The molecule has 4 N–H and O–H groups in total. The lowest BCUT2D eigenvalue weighted by atomic mass is 10.0. The van der Waals surface area contributed by atoms with E-state index >= 15 is 0 Å². The summed E-state index contributed by atoms with van der Waals surface area (Å²) in [6.07, 6.45) is 3.15. The van der Waals surface area contributed by atoms with Crippen LogP contribution in [0.15, 0.2) is 30.5 Å². The van der Waals surface area contributed by atoms with Crippen molar-refractivity contribution in [2.45, 2.75) is 26.3 Å². The van der Waals surface area contributed by atoms with Crippen molar-refractivity contribution < 1.29 is 0 Å². The van der Waals surface area contributed by atoms with Gasteiger partial charge < -0.3 is 16.0 Å². The van der Waals surface area contributed by atoms with E-state index in [9.17, 15) is 0 Å². The number of para-hydroxylation sites is 1. The zero-order chi connectivity index (χ0) is 13.0. The molecule has 18 heavy (non-hydrogen) atoms. The van der Waals surface area contributed by atoms with E-state index in [0.717, 1.165) is 13.0 Å². The van der Waals surface area contributed by atoms with E-state index in [1.54, 1.807) is 0 Å². The van der Waals surface area contributed by atoms with Crippen molar-refractivity contribution in [2.75, 3.05) is 13.1 Å². The second kappa shape index (κ2) is 6.03. The average molecular weight is 245 g/mol. The topological polar surface area (TPSA) is 53.8 Å². The highest BCUT2D eigenvalue weighted by atomic mass is 14.9. The second-order valence-electron chi connectivity index (χ2n) is 5.15. The molecule has 2 rings (SSSR count). The zero-order valence-electron chi connectivity index (χ0n) is 11.2. The fraction of sp³-hybridized carbons (Fsp3) is 0.467. The summed E-state index contributed by atoms with van der Waals surface area (Å²) in [4.78, 5) is 3.31. The number of nitrogens with two attached hydrogens (primary N) is 1. The Morgan fingerprint density at radius 3 is 2.78 bits per heavy atom. The van der Waals surface area contributed by atoms with Gasteiger partial charge in [-0.1, -0.05) is 32.0 Å². The monoisotopic (exact) mass is 245 g/mol. The largest absolute Gasteiger partial charge is 0.361 e. The second-order valence-corrected chi connectivity index (χ2v) is 5.15. The average Bonchev–Trinajstić information content (AvgIpc) is 2.78. The van der Waals surface area contributed by atoms with E-state index in [0.29, 0.717) is 18.5 Å². The van der Waals surface area contributed by atoms with Gasteiger partial charge in [0.25, 0.3) is 0 Å². The molecule has 0 fully saturated rings. The minimum absolute atomic E-state index is 0.412. The molecule has 1 aromatic heterocycles. The van der Waals surface area contributed by atoms with E-state index in [4.69, 9.17) is 5.73 Å². The normalized spacial score (nSPS) is 13.3. The molecule has 1 heterocycles. The molecule has 0 amide bonds. The molecule has 3 heteroatoms. The van der Waals surface area contributed by atoms with Crippen molar-refractivity contribution in [3.05, 3.63) is 36.0 Å². The molecule has 0 aliphatic carbocycles. The molecule has 1 atom stereocenters. The Labute approximate surface area is 109 Å². The van der Waals surface area contributed by atoms with Gasteiger partial charge >= 0.3 is 0 Å². The fourth-order valence-corrected chi connectivity index (χ4v) is 2.32. The SMILES string of the molecule is CC(C)C(CN)NCCc1c[nH]c2ccccc12. The maximum absolute atomic E-state index is 5.76. The Bertz CT molecular complexity index is 487. The van der Waals surface area contributed by atoms with Crippen LogP contribution in [0.4, 0.5) is 0 Å². The standard InChI is InChI=1S/C15H23N3/c1-11(2)15(9-16)17-8-7-12-10-18-14-6-4-3-5-13(12)14/h3-6,10-11,15,17-18H,7-9,16H2,1-2H3. The molecule has 0 aliphatic rings. The Kier molecular flexibility index (Phi) is 4.39. The van der Waals surface area contributed by atoms with Crippen molar-refractivity contribution in [3.8, 4) is 0 Å². The van der Waals surface area contributed by atoms with Crippen LogP contribution in [0.2, 0.25) is 0 Å². The van der Waals surface area contributed by atoms with Gasteiger partial charge in [0.2, 0.25) is 0 Å². The molecular weight excluding hydrogens is 222 g/mol. The third-order valence-electron chi connectivity index (χ3n) is 3.53. The smallest absolute Gasteiger partial charge is 0.0456 e. The van der Waals surface area contributed by atoms with Crippen LogP contribution in [0.5, 0.6) is 0 Å². The first-order chi connectivity index (χ1) is 8.72. The van der Waals surface area contributed by atoms with Crippen molar-refractivity contribution in [1.82, 2.24) is 10.3 Å². The maximum atomic E-state index is 5.76. The van der Waals surface area contributed by atoms with Gasteiger partial charge in [-0.25, -0.2) is 0 Å². The molecule has 0 saturated carbocycles. The number of hydrogen-bond donors (Lipinski definition) is 3. The molecule has 1 unspecified atom stereocenters. The summed E-state index contributed by atoms with van der Waals surface area (Å²) >= 11 is 0. The van der Waals surface area contributed by atoms with Gasteiger partial charge in [0.15, 0.2) is 0 Å². The summed E-state index contributed by atoms with van der Waals surface area (Å²) in [5.41, 5.74) is 8.34. The summed E-state index contributed by atoms with van der Waals surface area (Å²) in [7, 11) is 0. The van der Waals surface area contributed by atoms with Crippen LogP contribution >= 0.6 is 0 Å². The predicted molar refractivity (Wildman–Crippen MR) is 77.7 cm³/mol. The molecule has 1 aromatic carbocycles. The summed E-state index contributed by atoms with van der Waals surface area (Å²) in [6, 6.07) is 8.84. The molecule has 0 bridgehead atoms. The number of hydrogen-bond acceptors (Lipinski definition) is 2. The van der Waals surface area contributed by atoms with Crippen LogP contribution in [0.25, 0.3) is 10.9 Å². The van der Waals surface area contributed by atoms with Gasteiger partial charge in [-0.2, -0.15) is 0 Å². The highest BCUT2D eigenvalue weighted by Gasteiger charge is 2.10. The van der Waals surface area contributed by atoms with Gasteiger partial charge in [0, 0.05) is 29.7 Å². The van der Waals surface area contributed by atoms with Crippen molar-refractivity contribution >= 4 is 10.9 Å². The van der Waals surface area contributed by atoms with Crippen LogP contribution < -0.4 is 11.1 Å². The van der Waals surface area contributed by atoms with Crippen molar-refractivity contribution in [1.29, 1.82) is 0 Å². The van der Waals surface area contributed by atoms with E-state index in [1.165, 1.54) is 16.5 Å². The summed E-state index contributed by atoms with van der Waals surface area (Å²) in [6.45, 7) is 6.08. The maximum Gasteiger partial charge on any atom is 0.0456 e. The molecule has 98 valence electrons. The first kappa shape index (κ1) is 13.1. The molecule has 0 saturated heterocycles. The molecule has 0 spiro atoms. The van der Waals surface area contributed by atoms with Crippen molar-refractivity contribution in [2.24, 2.45) is 11.7 Å². The molecule has 0 aliphatic heterocycles. The fourth-order valence-electron chi connectivity index (χ4n) is 2.32. The van der Waals surface area contributed by atoms with Crippen LogP contribution in [0.3, 0.4) is 0 Å². The number of fused-ring (bicyclic) bond motifs is 1. The van der Waals surface area contributed by atoms with E-state index < -0.39 is 0 Å². The first-order valence-corrected chi connectivity index (χ1v) is 6.71. The van der Waals surface area contributed by atoms with Crippen LogP contribution in [0, 0.1) is 5.92 Å². The predicted octanol–water partition coefficient (Wildman–Crippen LogP) is 2.28. The Hall–Kier alpha value is -1.32. The van der Waals surface area contributed by atoms with Gasteiger partial charge in [0.1, 0.15) is 0 Å². The minimum Gasteiger partial charge on any atom is -0.361 e. The van der Waals surface area contributed by atoms with Crippen LogP contribution in [0.1, 0.15) is 19.4 Å². The molecule has 3 nitrogen and oxygen atoms in total. The van der Waals surface area contributed by atoms with Gasteiger partial charge in [-0.15, -0.1) is 0 Å². The third-order valence-corrected chi connectivity index (χ3v) is 3.53. The Morgan fingerprint density at radius 2 is 2.06 bits per heavy atom. The lowest BCUT2D eigenvalue weighted by Crippen LogP contribution is -2.41. The Balaban J connectivity index is 1.94. The highest BCUT2D eigenvalue weighted by Crippen LogP contribution is 2.17. The third kappa shape index (κ3) is 2.92. The number of aromatic amines is 1. The minimum atomic E-state index is 0.412. The lowest BCUT2D eigenvalue weighted by molar-refractivity contribution is 0.409. The lowest BCUT2D eigenvalue weighted by Gasteiger charge is -2.20. The number of benzene rings is 1. The van der Waals surface area contributed by atoms with E-state index in [-0.39, 0.29) is 0 Å². The number of nitrogens with one attached hydrogen (secondary N) is 2. The first-order valence-electron chi connectivity index (χ1n) is 6.71. The highest BCUT2D eigenvalue weighted by molar-refractivity contribution is 5.83. The molecule has 2 aromatic rings. The van der Waals surface area contributed by atoms with Crippen LogP contribution in [-0.2, 0) is 6.42 Å². The van der Waals surface area contributed by atoms with E-state index in [1.807, 2.05) is 0 Å². The summed E-state index contributed by atoms with van der Waals surface area (Å²) < 4.78 is 0.